The smallest absolute Gasteiger partial charge is 0.261 e. The van der Waals surface area contributed by atoms with Gasteiger partial charge in [0, 0.05) is 23.9 Å². The van der Waals surface area contributed by atoms with E-state index in [0.717, 1.165) is 0 Å². The third-order valence-corrected chi connectivity index (χ3v) is 6.73. The minimum Gasteiger partial charge on any atom is -0.497 e. The molecule has 0 saturated heterocycles. The standard InChI is InChI=1S/C24H25FN2O4S/c1-16-9-14-20(32(29,30)26-18-10-12-19(31-4)13-11-18)15-22(16)24(28)27(3)17(2)21-7-5-6-8-23(21)25/h5-15,17,26H,1-4H3. The molecule has 0 bridgehead atoms. The molecule has 8 heteroatoms. The Morgan fingerprint density at radius 1 is 1.06 bits per heavy atom. The average molecular weight is 457 g/mol. The summed E-state index contributed by atoms with van der Waals surface area (Å²) in [5.41, 5.74) is 1.59. The fourth-order valence-corrected chi connectivity index (χ4v) is 4.34. The highest BCUT2D eigenvalue weighted by Crippen LogP contribution is 2.26. The molecule has 0 heterocycles. The zero-order chi connectivity index (χ0) is 23.5. The summed E-state index contributed by atoms with van der Waals surface area (Å²) < 4.78 is 47.6. The van der Waals surface area contributed by atoms with Crippen LogP contribution in [-0.4, -0.2) is 33.4 Å². The summed E-state index contributed by atoms with van der Waals surface area (Å²) in [4.78, 5) is 14.5. The molecule has 1 atom stereocenters. The number of carbonyl (C=O) groups excluding carboxylic acids is 1. The van der Waals surface area contributed by atoms with Crippen molar-refractivity contribution in [1.82, 2.24) is 4.90 Å². The Kier molecular flexibility index (Phi) is 6.84. The molecule has 3 rings (SSSR count). The summed E-state index contributed by atoms with van der Waals surface area (Å²) in [7, 11) is -0.845. The minimum atomic E-state index is -3.93. The summed E-state index contributed by atoms with van der Waals surface area (Å²) in [5.74, 6) is -0.209. The first-order chi connectivity index (χ1) is 15.1. The Balaban J connectivity index is 1.88. The van der Waals surface area contributed by atoms with Crippen molar-refractivity contribution in [3.8, 4) is 5.75 Å². The highest BCUT2D eigenvalue weighted by Gasteiger charge is 2.24. The molecule has 1 unspecified atom stereocenters. The zero-order valence-corrected chi connectivity index (χ0v) is 19.1. The van der Waals surface area contributed by atoms with Crippen molar-refractivity contribution in [3.05, 3.63) is 89.2 Å². The zero-order valence-electron chi connectivity index (χ0n) is 18.3. The lowest BCUT2D eigenvalue weighted by atomic mass is 10.0. The average Bonchev–Trinajstić information content (AvgIpc) is 2.78. The third-order valence-electron chi connectivity index (χ3n) is 5.35. The number of nitrogens with zero attached hydrogens (tertiary/aromatic N) is 1. The molecule has 0 aromatic heterocycles. The van der Waals surface area contributed by atoms with Gasteiger partial charge in [0.2, 0.25) is 0 Å². The number of halogens is 1. The van der Waals surface area contributed by atoms with Gasteiger partial charge in [-0.25, -0.2) is 12.8 Å². The third kappa shape index (κ3) is 4.91. The first-order valence-electron chi connectivity index (χ1n) is 9.93. The molecule has 1 amide bonds. The maximum Gasteiger partial charge on any atom is 0.261 e. The van der Waals surface area contributed by atoms with Crippen LogP contribution in [0, 0.1) is 12.7 Å². The first-order valence-corrected chi connectivity index (χ1v) is 11.4. The Bertz CT molecular complexity index is 1230. The van der Waals surface area contributed by atoms with Gasteiger partial charge in [-0.05, 0) is 61.9 Å². The Morgan fingerprint density at radius 3 is 2.34 bits per heavy atom. The normalized spacial score (nSPS) is 12.2. The molecular formula is C24H25FN2O4S. The van der Waals surface area contributed by atoms with E-state index in [1.807, 2.05) is 0 Å². The van der Waals surface area contributed by atoms with Crippen LogP contribution < -0.4 is 9.46 Å². The molecule has 0 saturated carbocycles. The van der Waals surface area contributed by atoms with Gasteiger partial charge < -0.3 is 9.64 Å². The lowest BCUT2D eigenvalue weighted by Gasteiger charge is -2.26. The second kappa shape index (κ2) is 9.40. The maximum absolute atomic E-state index is 14.2. The molecular weight excluding hydrogens is 431 g/mol. The number of hydrogen-bond donors (Lipinski definition) is 1. The number of rotatable bonds is 7. The molecule has 0 aliphatic heterocycles. The predicted molar refractivity (Wildman–Crippen MR) is 122 cm³/mol. The topological polar surface area (TPSA) is 75.7 Å². The van der Waals surface area contributed by atoms with Crippen LogP contribution in [0.2, 0.25) is 0 Å². The summed E-state index contributed by atoms with van der Waals surface area (Å²) in [5, 5.41) is 0. The van der Waals surface area contributed by atoms with E-state index in [2.05, 4.69) is 4.72 Å². The van der Waals surface area contributed by atoms with Crippen LogP contribution in [0.1, 0.15) is 34.5 Å². The molecule has 0 fully saturated rings. The quantitative estimate of drug-likeness (QED) is 0.555. The number of methoxy groups -OCH3 is 1. The first kappa shape index (κ1) is 23.3. The Hall–Kier alpha value is -3.39. The van der Waals surface area contributed by atoms with Crippen molar-refractivity contribution in [2.24, 2.45) is 0 Å². The Labute approximate surface area is 187 Å². The van der Waals surface area contributed by atoms with Gasteiger partial charge in [-0.1, -0.05) is 24.3 Å². The van der Waals surface area contributed by atoms with Gasteiger partial charge >= 0.3 is 0 Å². The monoisotopic (exact) mass is 456 g/mol. The lowest BCUT2D eigenvalue weighted by Crippen LogP contribution is -2.31. The van der Waals surface area contributed by atoms with Crippen LogP contribution in [-0.2, 0) is 10.0 Å². The molecule has 3 aromatic rings. The summed E-state index contributed by atoms with van der Waals surface area (Å²) in [6, 6.07) is 16.5. The molecule has 0 spiro atoms. The summed E-state index contributed by atoms with van der Waals surface area (Å²) in [6.45, 7) is 3.44. The number of benzene rings is 3. The van der Waals surface area contributed by atoms with E-state index < -0.39 is 27.8 Å². The van der Waals surface area contributed by atoms with E-state index in [-0.39, 0.29) is 10.5 Å². The van der Waals surface area contributed by atoms with Gasteiger partial charge in [-0.15, -0.1) is 0 Å². The molecule has 3 aromatic carbocycles. The van der Waals surface area contributed by atoms with Crippen molar-refractivity contribution in [1.29, 1.82) is 0 Å². The molecule has 6 nitrogen and oxygen atoms in total. The highest BCUT2D eigenvalue weighted by atomic mass is 32.2. The van der Waals surface area contributed by atoms with Gasteiger partial charge in [0.1, 0.15) is 11.6 Å². The van der Waals surface area contributed by atoms with Crippen molar-refractivity contribution in [2.75, 3.05) is 18.9 Å². The summed E-state index contributed by atoms with van der Waals surface area (Å²) in [6.07, 6.45) is 0. The number of hydrogen-bond acceptors (Lipinski definition) is 4. The van der Waals surface area contributed by atoms with E-state index in [0.29, 0.717) is 22.6 Å². The lowest BCUT2D eigenvalue weighted by molar-refractivity contribution is 0.0739. The number of carbonyl (C=O) groups is 1. The second-order valence-corrected chi connectivity index (χ2v) is 9.11. The molecule has 0 radical (unpaired) electrons. The number of aryl methyl sites for hydroxylation is 1. The number of sulfonamides is 1. The van der Waals surface area contributed by atoms with Crippen LogP contribution in [0.4, 0.5) is 10.1 Å². The predicted octanol–water partition coefficient (Wildman–Crippen LogP) is 4.78. The van der Waals surface area contributed by atoms with Crippen LogP contribution in [0.25, 0.3) is 0 Å². The molecule has 0 aliphatic rings. The van der Waals surface area contributed by atoms with Crippen molar-refractivity contribution in [3.63, 3.8) is 0 Å². The van der Waals surface area contributed by atoms with Gasteiger partial charge in [0.25, 0.3) is 15.9 Å². The number of anilines is 1. The van der Waals surface area contributed by atoms with Crippen molar-refractivity contribution in [2.45, 2.75) is 24.8 Å². The van der Waals surface area contributed by atoms with E-state index >= 15 is 0 Å². The largest absolute Gasteiger partial charge is 0.497 e. The van der Waals surface area contributed by atoms with Gasteiger partial charge in [-0.2, -0.15) is 0 Å². The second-order valence-electron chi connectivity index (χ2n) is 7.42. The van der Waals surface area contributed by atoms with Gasteiger partial charge in [-0.3, -0.25) is 9.52 Å². The fourth-order valence-electron chi connectivity index (χ4n) is 3.26. The Morgan fingerprint density at radius 2 is 1.72 bits per heavy atom. The van der Waals surface area contributed by atoms with E-state index in [4.69, 9.17) is 4.74 Å². The number of amides is 1. The van der Waals surface area contributed by atoms with Gasteiger partial charge in [0.05, 0.1) is 18.0 Å². The van der Waals surface area contributed by atoms with Crippen LogP contribution in [0.3, 0.4) is 0 Å². The number of nitrogens with one attached hydrogen (secondary N) is 1. The SMILES string of the molecule is COc1ccc(NS(=O)(=O)c2ccc(C)c(C(=O)N(C)C(C)c3ccccc3F)c2)cc1. The minimum absolute atomic E-state index is 0.0470. The van der Waals surface area contributed by atoms with E-state index in [9.17, 15) is 17.6 Å². The summed E-state index contributed by atoms with van der Waals surface area (Å²) >= 11 is 0. The molecule has 168 valence electrons. The van der Waals surface area contributed by atoms with Crippen molar-refractivity contribution >= 4 is 21.6 Å². The van der Waals surface area contributed by atoms with Crippen LogP contribution in [0.5, 0.6) is 5.75 Å². The number of ether oxygens (including phenoxy) is 1. The highest BCUT2D eigenvalue weighted by molar-refractivity contribution is 7.92. The molecule has 32 heavy (non-hydrogen) atoms. The van der Waals surface area contributed by atoms with E-state index in [1.54, 1.807) is 69.4 Å². The van der Waals surface area contributed by atoms with Gasteiger partial charge in [0.15, 0.2) is 0 Å². The fraction of sp³-hybridized carbons (Fsp3) is 0.208. The van der Waals surface area contributed by atoms with E-state index in [1.165, 1.54) is 30.2 Å². The molecule has 1 N–H and O–H groups in total. The van der Waals surface area contributed by atoms with Crippen molar-refractivity contribution < 1.29 is 22.3 Å². The van der Waals surface area contributed by atoms with Crippen LogP contribution >= 0.6 is 0 Å². The molecule has 0 aliphatic carbocycles. The maximum atomic E-state index is 14.2. The van der Waals surface area contributed by atoms with Crippen LogP contribution in [0.15, 0.2) is 71.6 Å².